The highest BCUT2D eigenvalue weighted by molar-refractivity contribution is 8.01. The number of nitrogens with one attached hydrogen (secondary N) is 1. The van der Waals surface area contributed by atoms with Gasteiger partial charge in [0.1, 0.15) is 5.75 Å². The van der Waals surface area contributed by atoms with Gasteiger partial charge < -0.3 is 10.1 Å². The maximum absolute atomic E-state index is 5.42. The summed E-state index contributed by atoms with van der Waals surface area (Å²) in [5, 5.41) is 4.37. The number of para-hydroxylation sites is 1. The first-order chi connectivity index (χ1) is 8.13. The molecule has 0 radical (unpaired) electrons. The molecule has 1 saturated heterocycles. The van der Waals surface area contributed by atoms with Gasteiger partial charge in [-0.15, -0.1) is 11.8 Å². The fourth-order valence-electron chi connectivity index (χ4n) is 2.40. The summed E-state index contributed by atoms with van der Waals surface area (Å²) >= 11 is 2.04. The predicted molar refractivity (Wildman–Crippen MR) is 74.8 cm³/mol. The molecule has 1 aliphatic rings. The maximum atomic E-state index is 5.42. The summed E-state index contributed by atoms with van der Waals surface area (Å²) in [6.07, 6.45) is 2.26. The topological polar surface area (TPSA) is 21.3 Å². The minimum atomic E-state index is 0.131. The van der Waals surface area contributed by atoms with Crippen LogP contribution in [0.2, 0.25) is 0 Å². The van der Waals surface area contributed by atoms with E-state index in [4.69, 9.17) is 4.74 Å². The van der Waals surface area contributed by atoms with Gasteiger partial charge in [-0.25, -0.2) is 0 Å². The Balaban J connectivity index is 2.13. The zero-order valence-corrected chi connectivity index (χ0v) is 11.6. The third kappa shape index (κ3) is 3.17. The van der Waals surface area contributed by atoms with E-state index in [2.05, 4.69) is 31.3 Å². The number of thioether (sulfide) groups is 1. The number of hydrogen-bond acceptors (Lipinski definition) is 3. The van der Waals surface area contributed by atoms with Gasteiger partial charge in [-0.05, 0) is 31.5 Å². The Morgan fingerprint density at radius 3 is 2.94 bits per heavy atom. The van der Waals surface area contributed by atoms with Crippen molar-refractivity contribution in [2.75, 3.05) is 13.7 Å². The molecular formula is C14H21NOS. The Labute approximate surface area is 108 Å². The van der Waals surface area contributed by atoms with Crippen molar-refractivity contribution < 1.29 is 4.74 Å². The van der Waals surface area contributed by atoms with E-state index >= 15 is 0 Å². The molecule has 3 heteroatoms. The number of hydrogen-bond donors (Lipinski definition) is 1. The van der Waals surface area contributed by atoms with Crippen molar-refractivity contribution in [1.82, 2.24) is 5.32 Å². The molecule has 94 valence electrons. The molecule has 2 atom stereocenters. The van der Waals surface area contributed by atoms with Crippen LogP contribution in [0.1, 0.15) is 25.8 Å². The van der Waals surface area contributed by atoms with E-state index in [9.17, 15) is 0 Å². The second-order valence-electron chi connectivity index (χ2n) is 4.86. The summed E-state index contributed by atoms with van der Waals surface area (Å²) in [5.41, 5.74) is 1.28. The highest BCUT2D eigenvalue weighted by Crippen LogP contribution is 2.36. The lowest BCUT2D eigenvalue weighted by Gasteiger charge is -2.38. The molecule has 2 nitrogen and oxygen atoms in total. The summed E-state index contributed by atoms with van der Waals surface area (Å²) < 4.78 is 5.42. The summed E-state index contributed by atoms with van der Waals surface area (Å²) in [7, 11) is 1.74. The van der Waals surface area contributed by atoms with Crippen LogP contribution in [-0.2, 0) is 6.42 Å². The minimum absolute atomic E-state index is 0.131. The Morgan fingerprint density at radius 2 is 2.24 bits per heavy atom. The second-order valence-corrected chi connectivity index (χ2v) is 6.80. The second kappa shape index (κ2) is 5.32. The van der Waals surface area contributed by atoms with Crippen LogP contribution >= 0.6 is 11.8 Å². The maximum Gasteiger partial charge on any atom is 0.122 e. The standard InChI is InChI=1S/C14H21NOS/c1-11-8-9-15-14(2,17-11)10-12-6-4-5-7-13(12)16-3/h4-7,11,15H,8-10H2,1-3H3. The molecule has 0 spiro atoms. The van der Waals surface area contributed by atoms with E-state index in [1.54, 1.807) is 7.11 Å². The molecule has 1 aromatic rings. The Morgan fingerprint density at radius 1 is 1.47 bits per heavy atom. The van der Waals surface area contributed by atoms with Crippen LogP contribution in [-0.4, -0.2) is 23.8 Å². The van der Waals surface area contributed by atoms with Crippen molar-refractivity contribution in [2.24, 2.45) is 0 Å². The normalized spacial score (nSPS) is 29.0. The fraction of sp³-hybridized carbons (Fsp3) is 0.571. The quantitative estimate of drug-likeness (QED) is 0.892. The van der Waals surface area contributed by atoms with Crippen molar-refractivity contribution in [2.45, 2.75) is 36.8 Å². The van der Waals surface area contributed by atoms with E-state index in [1.807, 2.05) is 23.9 Å². The molecule has 0 amide bonds. The van der Waals surface area contributed by atoms with E-state index < -0.39 is 0 Å². The van der Waals surface area contributed by atoms with Crippen molar-refractivity contribution in [3.8, 4) is 5.75 Å². The van der Waals surface area contributed by atoms with Crippen LogP contribution < -0.4 is 10.1 Å². The molecule has 1 N–H and O–H groups in total. The van der Waals surface area contributed by atoms with Crippen LogP contribution in [0.5, 0.6) is 5.75 Å². The first-order valence-electron chi connectivity index (χ1n) is 6.18. The molecule has 1 aromatic carbocycles. The van der Waals surface area contributed by atoms with E-state index in [-0.39, 0.29) is 4.87 Å². The Bertz CT molecular complexity index is 382. The summed E-state index contributed by atoms with van der Waals surface area (Å²) in [6, 6.07) is 8.30. The largest absolute Gasteiger partial charge is 0.496 e. The summed E-state index contributed by atoms with van der Waals surface area (Å²) in [5.74, 6) is 0.995. The van der Waals surface area contributed by atoms with Gasteiger partial charge in [-0.2, -0.15) is 0 Å². The molecule has 2 rings (SSSR count). The molecule has 2 unspecified atom stereocenters. The van der Waals surface area contributed by atoms with Crippen molar-refractivity contribution >= 4 is 11.8 Å². The molecule has 0 bridgehead atoms. The van der Waals surface area contributed by atoms with Gasteiger partial charge in [0.15, 0.2) is 0 Å². The monoisotopic (exact) mass is 251 g/mol. The molecule has 0 aliphatic carbocycles. The van der Waals surface area contributed by atoms with Gasteiger partial charge in [-0.3, -0.25) is 0 Å². The first-order valence-corrected chi connectivity index (χ1v) is 7.06. The van der Waals surface area contributed by atoms with Crippen molar-refractivity contribution in [3.63, 3.8) is 0 Å². The molecule has 1 aliphatic heterocycles. The van der Waals surface area contributed by atoms with E-state index in [0.29, 0.717) is 0 Å². The third-order valence-corrected chi connectivity index (χ3v) is 4.68. The van der Waals surface area contributed by atoms with E-state index in [1.165, 1.54) is 12.0 Å². The molecular weight excluding hydrogens is 230 g/mol. The van der Waals surface area contributed by atoms with Crippen molar-refractivity contribution in [1.29, 1.82) is 0 Å². The number of methoxy groups -OCH3 is 1. The third-order valence-electron chi connectivity index (χ3n) is 3.23. The fourth-order valence-corrected chi connectivity index (χ4v) is 3.95. The lowest BCUT2D eigenvalue weighted by atomic mass is 10.0. The van der Waals surface area contributed by atoms with Gasteiger partial charge in [0.25, 0.3) is 0 Å². The zero-order chi connectivity index (χ0) is 12.3. The molecule has 1 heterocycles. The molecule has 0 saturated carbocycles. The number of benzene rings is 1. The Hall–Kier alpha value is -0.670. The summed E-state index contributed by atoms with van der Waals surface area (Å²) in [6.45, 7) is 5.71. The summed E-state index contributed by atoms with van der Waals surface area (Å²) in [4.78, 5) is 0.131. The van der Waals surface area contributed by atoms with Gasteiger partial charge in [0.05, 0.1) is 12.0 Å². The zero-order valence-electron chi connectivity index (χ0n) is 10.8. The van der Waals surface area contributed by atoms with E-state index in [0.717, 1.165) is 24.0 Å². The van der Waals surface area contributed by atoms with Gasteiger partial charge >= 0.3 is 0 Å². The number of rotatable bonds is 3. The van der Waals surface area contributed by atoms with Crippen LogP contribution in [0.15, 0.2) is 24.3 Å². The van der Waals surface area contributed by atoms with Crippen LogP contribution in [0.3, 0.4) is 0 Å². The van der Waals surface area contributed by atoms with Crippen LogP contribution in [0.25, 0.3) is 0 Å². The molecule has 0 aromatic heterocycles. The average Bonchev–Trinajstić information content (AvgIpc) is 2.29. The molecule has 1 fully saturated rings. The van der Waals surface area contributed by atoms with Gasteiger partial charge in [0, 0.05) is 11.7 Å². The van der Waals surface area contributed by atoms with Gasteiger partial charge in [0.2, 0.25) is 0 Å². The predicted octanol–water partition coefficient (Wildman–Crippen LogP) is 3.07. The highest BCUT2D eigenvalue weighted by Gasteiger charge is 2.31. The lowest BCUT2D eigenvalue weighted by Crippen LogP contribution is -2.47. The smallest absolute Gasteiger partial charge is 0.122 e. The first kappa shape index (κ1) is 12.8. The van der Waals surface area contributed by atoms with Crippen LogP contribution in [0, 0.1) is 0 Å². The number of ether oxygens (including phenoxy) is 1. The van der Waals surface area contributed by atoms with Gasteiger partial charge in [-0.1, -0.05) is 25.1 Å². The average molecular weight is 251 g/mol. The molecule has 17 heavy (non-hydrogen) atoms. The minimum Gasteiger partial charge on any atom is -0.496 e. The lowest BCUT2D eigenvalue weighted by molar-refractivity contribution is 0.400. The SMILES string of the molecule is COc1ccccc1CC1(C)NCCC(C)S1. The highest BCUT2D eigenvalue weighted by atomic mass is 32.2. The Kier molecular flexibility index (Phi) is 4.00. The van der Waals surface area contributed by atoms with Crippen molar-refractivity contribution in [3.05, 3.63) is 29.8 Å². The van der Waals surface area contributed by atoms with Crippen LogP contribution in [0.4, 0.5) is 0 Å².